The number of urea groups is 1. The number of anilines is 1. The second kappa shape index (κ2) is 10.1. The topological polar surface area (TPSA) is 87.7 Å². The quantitative estimate of drug-likeness (QED) is 0.671. The number of halogens is 2. The van der Waals surface area contributed by atoms with Gasteiger partial charge in [-0.05, 0) is 68.1 Å². The summed E-state index contributed by atoms with van der Waals surface area (Å²) in [5.41, 5.74) is 0.504. The molecule has 0 saturated carbocycles. The average molecular weight is 454 g/mol. The van der Waals surface area contributed by atoms with E-state index in [1.54, 1.807) is 11.8 Å². The molecule has 0 aliphatic carbocycles. The SMILES string of the molecule is CCOc1ccc(S(=O)(=O)NCC2CCN(C(=O)Nc3ccc(F)cc3)CC2)cc1F. The number of benzene rings is 2. The highest BCUT2D eigenvalue weighted by molar-refractivity contribution is 7.89. The van der Waals surface area contributed by atoms with E-state index in [1.807, 2.05) is 0 Å². The van der Waals surface area contributed by atoms with E-state index in [0.29, 0.717) is 31.6 Å². The number of amides is 2. The van der Waals surface area contributed by atoms with Gasteiger partial charge in [-0.2, -0.15) is 0 Å². The number of nitrogens with one attached hydrogen (secondary N) is 2. The largest absolute Gasteiger partial charge is 0.491 e. The van der Waals surface area contributed by atoms with Crippen molar-refractivity contribution in [3.05, 3.63) is 54.1 Å². The lowest BCUT2D eigenvalue weighted by molar-refractivity contribution is 0.183. The lowest BCUT2D eigenvalue weighted by Crippen LogP contribution is -2.43. The summed E-state index contributed by atoms with van der Waals surface area (Å²) in [7, 11) is -3.86. The first-order valence-electron chi connectivity index (χ1n) is 10.0. The molecule has 1 aliphatic heterocycles. The van der Waals surface area contributed by atoms with Crippen LogP contribution in [-0.4, -0.2) is 45.6 Å². The van der Waals surface area contributed by atoms with Gasteiger partial charge in [0.05, 0.1) is 11.5 Å². The number of hydrogen-bond acceptors (Lipinski definition) is 4. The Bertz CT molecular complexity index is 1010. The molecule has 3 rings (SSSR count). The van der Waals surface area contributed by atoms with Gasteiger partial charge in [0, 0.05) is 25.3 Å². The van der Waals surface area contributed by atoms with E-state index in [2.05, 4.69) is 10.0 Å². The molecule has 0 radical (unpaired) electrons. The van der Waals surface area contributed by atoms with Crippen molar-refractivity contribution in [3.63, 3.8) is 0 Å². The number of carbonyl (C=O) groups excluding carboxylic acids is 1. The van der Waals surface area contributed by atoms with Crippen LogP contribution in [0.25, 0.3) is 0 Å². The maximum absolute atomic E-state index is 14.0. The summed E-state index contributed by atoms with van der Waals surface area (Å²) < 4.78 is 59.5. The summed E-state index contributed by atoms with van der Waals surface area (Å²) in [6.45, 7) is 3.13. The number of sulfonamides is 1. The highest BCUT2D eigenvalue weighted by atomic mass is 32.2. The van der Waals surface area contributed by atoms with Gasteiger partial charge in [0.15, 0.2) is 11.6 Å². The first-order valence-corrected chi connectivity index (χ1v) is 11.5. The Morgan fingerprint density at radius 3 is 2.42 bits per heavy atom. The fraction of sp³-hybridized carbons (Fsp3) is 0.381. The molecule has 2 amide bonds. The molecule has 7 nitrogen and oxygen atoms in total. The summed E-state index contributed by atoms with van der Waals surface area (Å²) in [6.07, 6.45) is 1.24. The van der Waals surface area contributed by atoms with E-state index < -0.39 is 15.8 Å². The minimum Gasteiger partial charge on any atom is -0.491 e. The van der Waals surface area contributed by atoms with Crippen molar-refractivity contribution in [3.8, 4) is 5.75 Å². The first-order chi connectivity index (χ1) is 14.8. The van der Waals surface area contributed by atoms with Crippen LogP contribution in [0.5, 0.6) is 5.75 Å². The van der Waals surface area contributed by atoms with Gasteiger partial charge in [-0.3, -0.25) is 0 Å². The number of piperidine rings is 1. The van der Waals surface area contributed by atoms with Crippen LogP contribution in [0.3, 0.4) is 0 Å². The number of carbonyl (C=O) groups is 1. The Hall–Kier alpha value is -2.72. The van der Waals surface area contributed by atoms with Crippen LogP contribution < -0.4 is 14.8 Å². The highest BCUT2D eigenvalue weighted by Crippen LogP contribution is 2.22. The van der Waals surface area contributed by atoms with E-state index in [-0.39, 0.29) is 41.6 Å². The third kappa shape index (κ3) is 6.14. The number of likely N-dealkylation sites (tertiary alicyclic amines) is 1. The molecule has 1 aliphatic rings. The molecule has 1 fully saturated rings. The lowest BCUT2D eigenvalue weighted by atomic mass is 9.97. The predicted molar refractivity (Wildman–Crippen MR) is 112 cm³/mol. The van der Waals surface area contributed by atoms with Gasteiger partial charge in [0.25, 0.3) is 0 Å². The van der Waals surface area contributed by atoms with E-state index in [0.717, 1.165) is 6.07 Å². The number of hydrogen-bond donors (Lipinski definition) is 2. The predicted octanol–water partition coefficient (Wildman–Crippen LogP) is 3.59. The summed E-state index contributed by atoms with van der Waals surface area (Å²) in [6, 6.07) is 8.77. The number of ether oxygens (including phenoxy) is 1. The zero-order valence-electron chi connectivity index (χ0n) is 17.1. The molecule has 2 N–H and O–H groups in total. The van der Waals surface area contributed by atoms with E-state index in [4.69, 9.17) is 4.74 Å². The van der Waals surface area contributed by atoms with Crippen molar-refractivity contribution >= 4 is 21.7 Å². The maximum atomic E-state index is 14.0. The second-order valence-corrected chi connectivity index (χ2v) is 9.01. The lowest BCUT2D eigenvalue weighted by Gasteiger charge is -2.32. The van der Waals surface area contributed by atoms with Crippen molar-refractivity contribution in [1.82, 2.24) is 9.62 Å². The van der Waals surface area contributed by atoms with Crippen molar-refractivity contribution in [2.75, 3.05) is 31.6 Å². The van der Waals surface area contributed by atoms with Crippen molar-refractivity contribution in [2.45, 2.75) is 24.7 Å². The van der Waals surface area contributed by atoms with Gasteiger partial charge in [0.1, 0.15) is 5.82 Å². The zero-order chi connectivity index (χ0) is 22.4. The maximum Gasteiger partial charge on any atom is 0.321 e. The third-order valence-electron chi connectivity index (χ3n) is 5.07. The third-order valence-corrected chi connectivity index (χ3v) is 6.49. The van der Waals surface area contributed by atoms with Gasteiger partial charge in [0.2, 0.25) is 10.0 Å². The molecule has 168 valence electrons. The molecule has 2 aromatic rings. The van der Waals surface area contributed by atoms with Crippen LogP contribution in [0.4, 0.5) is 19.3 Å². The highest BCUT2D eigenvalue weighted by Gasteiger charge is 2.25. The Morgan fingerprint density at radius 2 is 1.81 bits per heavy atom. The van der Waals surface area contributed by atoms with Crippen LogP contribution in [0.1, 0.15) is 19.8 Å². The van der Waals surface area contributed by atoms with Crippen molar-refractivity contribution in [1.29, 1.82) is 0 Å². The molecule has 0 atom stereocenters. The van der Waals surface area contributed by atoms with E-state index >= 15 is 0 Å². The molecule has 1 heterocycles. The summed E-state index contributed by atoms with van der Waals surface area (Å²) >= 11 is 0. The monoisotopic (exact) mass is 453 g/mol. The summed E-state index contributed by atoms with van der Waals surface area (Å²) in [5.74, 6) is -1.05. The Labute approximate surface area is 180 Å². The smallest absolute Gasteiger partial charge is 0.321 e. The van der Waals surface area contributed by atoms with Crippen LogP contribution in [0.15, 0.2) is 47.4 Å². The molecule has 10 heteroatoms. The molecule has 0 unspecified atom stereocenters. The standard InChI is InChI=1S/C21H25F2N3O4S/c1-2-30-20-8-7-18(13-19(20)23)31(28,29)24-14-15-9-11-26(12-10-15)21(27)25-17-5-3-16(22)4-6-17/h3-8,13,15,24H,2,9-12,14H2,1H3,(H,25,27). The van der Waals surface area contributed by atoms with Gasteiger partial charge >= 0.3 is 6.03 Å². The van der Waals surface area contributed by atoms with Gasteiger partial charge in [-0.15, -0.1) is 0 Å². The minimum atomic E-state index is -3.86. The normalized spacial score (nSPS) is 15.0. The Morgan fingerprint density at radius 1 is 1.13 bits per heavy atom. The zero-order valence-corrected chi connectivity index (χ0v) is 17.9. The van der Waals surface area contributed by atoms with E-state index in [9.17, 15) is 22.0 Å². The van der Waals surface area contributed by atoms with Gasteiger partial charge in [-0.25, -0.2) is 26.7 Å². The van der Waals surface area contributed by atoms with Crippen LogP contribution in [-0.2, 0) is 10.0 Å². The van der Waals surface area contributed by atoms with Gasteiger partial charge in [-0.1, -0.05) is 0 Å². The second-order valence-electron chi connectivity index (χ2n) is 7.24. The molecular formula is C21H25F2N3O4S. The van der Waals surface area contributed by atoms with E-state index in [1.165, 1.54) is 36.4 Å². The molecular weight excluding hydrogens is 428 g/mol. The summed E-state index contributed by atoms with van der Waals surface area (Å²) in [5, 5.41) is 2.71. The molecule has 0 aromatic heterocycles. The number of rotatable bonds is 7. The van der Waals surface area contributed by atoms with Crippen LogP contribution >= 0.6 is 0 Å². The van der Waals surface area contributed by atoms with Crippen molar-refractivity contribution < 1.29 is 26.7 Å². The number of nitrogens with zero attached hydrogens (tertiary/aromatic N) is 1. The van der Waals surface area contributed by atoms with Crippen LogP contribution in [0.2, 0.25) is 0 Å². The molecule has 31 heavy (non-hydrogen) atoms. The molecule has 0 bridgehead atoms. The minimum absolute atomic E-state index is 0.00716. The first kappa shape index (κ1) is 23.0. The Kier molecular flexibility index (Phi) is 7.45. The van der Waals surface area contributed by atoms with Crippen LogP contribution in [0, 0.1) is 17.6 Å². The summed E-state index contributed by atoms with van der Waals surface area (Å²) in [4.78, 5) is 13.8. The van der Waals surface area contributed by atoms with Crippen molar-refractivity contribution in [2.24, 2.45) is 5.92 Å². The molecule has 0 spiro atoms. The molecule has 2 aromatic carbocycles. The van der Waals surface area contributed by atoms with Gasteiger partial charge < -0.3 is 15.0 Å². The fourth-order valence-corrected chi connectivity index (χ4v) is 4.44. The molecule has 1 saturated heterocycles. The fourth-order valence-electron chi connectivity index (χ4n) is 3.31. The Balaban J connectivity index is 1.48. The average Bonchev–Trinajstić information content (AvgIpc) is 2.76.